The lowest BCUT2D eigenvalue weighted by Gasteiger charge is -2.25. The number of thioether (sulfide) groups is 1. The van der Waals surface area contributed by atoms with Crippen molar-refractivity contribution in [3.8, 4) is 17.2 Å². The molecule has 3 aromatic rings. The number of nitrogens with zero attached hydrogens (tertiary/aromatic N) is 3. The van der Waals surface area contributed by atoms with Crippen LogP contribution in [0, 0.1) is 0 Å². The summed E-state index contributed by atoms with van der Waals surface area (Å²) in [5, 5.41) is 10.1. The van der Waals surface area contributed by atoms with Gasteiger partial charge in [0, 0.05) is 17.8 Å². The summed E-state index contributed by atoms with van der Waals surface area (Å²) in [5.41, 5.74) is 0. The van der Waals surface area contributed by atoms with Crippen molar-refractivity contribution in [3.63, 3.8) is 0 Å². The molecule has 8 heteroatoms. The van der Waals surface area contributed by atoms with Gasteiger partial charge in [-0.2, -0.15) is 0 Å². The van der Waals surface area contributed by atoms with Crippen LogP contribution in [0.25, 0.3) is 0 Å². The summed E-state index contributed by atoms with van der Waals surface area (Å²) in [5.74, 6) is 3.77. The third-order valence-corrected chi connectivity index (χ3v) is 5.30. The van der Waals surface area contributed by atoms with Gasteiger partial charge in [0.25, 0.3) is 0 Å². The van der Waals surface area contributed by atoms with Gasteiger partial charge < -0.3 is 18.8 Å². The Morgan fingerprint density at radius 2 is 1.93 bits per heavy atom. The molecule has 0 bridgehead atoms. The number of rotatable bonds is 6. The molecule has 0 unspecified atom stereocenters. The molecule has 1 aliphatic rings. The minimum absolute atomic E-state index is 0.280. The maximum absolute atomic E-state index is 6.01. The molecule has 2 heterocycles. The summed E-state index contributed by atoms with van der Waals surface area (Å²) >= 11 is 7.45. The van der Waals surface area contributed by atoms with Crippen LogP contribution in [0.4, 0.5) is 0 Å². The number of benzene rings is 2. The Labute approximate surface area is 166 Å². The van der Waals surface area contributed by atoms with Crippen molar-refractivity contribution in [2.45, 2.75) is 11.3 Å². The molecule has 0 radical (unpaired) electrons. The van der Waals surface area contributed by atoms with E-state index in [4.69, 9.17) is 25.8 Å². The molecule has 0 aliphatic carbocycles. The minimum Gasteiger partial charge on any atom is -0.493 e. The standard InChI is InChI=1S/C19H18ClN3O3S/c1-23-18(17-12-25-15-4-2-3-5-16(15)26-17)21-22-19(23)27-11-10-24-14-8-6-13(20)7-9-14/h2-9,17H,10-12H2,1H3/t17-/m1/s1. The molecule has 0 fully saturated rings. The van der Waals surface area contributed by atoms with E-state index in [9.17, 15) is 0 Å². The topological polar surface area (TPSA) is 58.4 Å². The molecule has 0 saturated heterocycles. The lowest BCUT2D eigenvalue weighted by Crippen LogP contribution is -2.24. The third-order valence-electron chi connectivity index (χ3n) is 4.06. The van der Waals surface area contributed by atoms with Gasteiger partial charge in [0.15, 0.2) is 28.6 Å². The zero-order valence-electron chi connectivity index (χ0n) is 14.7. The molecule has 27 heavy (non-hydrogen) atoms. The molecule has 0 saturated carbocycles. The average molecular weight is 404 g/mol. The van der Waals surface area contributed by atoms with E-state index in [0.717, 1.165) is 34.0 Å². The zero-order chi connectivity index (χ0) is 18.6. The van der Waals surface area contributed by atoms with Gasteiger partial charge >= 0.3 is 0 Å². The molecule has 1 aliphatic heterocycles. The Morgan fingerprint density at radius 3 is 2.74 bits per heavy atom. The lowest BCUT2D eigenvalue weighted by molar-refractivity contribution is 0.0825. The zero-order valence-corrected chi connectivity index (χ0v) is 16.2. The van der Waals surface area contributed by atoms with E-state index in [1.807, 2.05) is 60.1 Å². The highest BCUT2D eigenvalue weighted by Crippen LogP contribution is 2.35. The minimum atomic E-state index is -0.280. The normalized spacial score (nSPS) is 15.6. The molecule has 0 N–H and O–H groups in total. The predicted octanol–water partition coefficient (Wildman–Crippen LogP) is 4.15. The van der Waals surface area contributed by atoms with Gasteiger partial charge in [-0.1, -0.05) is 35.5 Å². The van der Waals surface area contributed by atoms with Crippen LogP contribution in [-0.2, 0) is 7.05 Å². The van der Waals surface area contributed by atoms with Gasteiger partial charge in [-0.15, -0.1) is 10.2 Å². The van der Waals surface area contributed by atoms with Crippen LogP contribution in [0.15, 0.2) is 53.7 Å². The molecule has 1 aromatic heterocycles. The first kappa shape index (κ1) is 18.0. The monoisotopic (exact) mass is 403 g/mol. The lowest BCUT2D eigenvalue weighted by atomic mass is 10.2. The van der Waals surface area contributed by atoms with E-state index in [-0.39, 0.29) is 6.10 Å². The van der Waals surface area contributed by atoms with Crippen LogP contribution < -0.4 is 14.2 Å². The largest absolute Gasteiger partial charge is 0.493 e. The van der Waals surface area contributed by atoms with Crippen molar-refractivity contribution in [1.29, 1.82) is 0 Å². The number of aromatic nitrogens is 3. The number of ether oxygens (including phenoxy) is 3. The van der Waals surface area contributed by atoms with E-state index in [1.165, 1.54) is 0 Å². The van der Waals surface area contributed by atoms with Crippen LogP contribution in [-0.4, -0.2) is 33.7 Å². The Morgan fingerprint density at radius 1 is 1.15 bits per heavy atom. The molecule has 6 nitrogen and oxygen atoms in total. The molecule has 4 rings (SSSR count). The van der Waals surface area contributed by atoms with E-state index >= 15 is 0 Å². The molecule has 0 spiro atoms. The third kappa shape index (κ3) is 4.14. The molecule has 140 valence electrons. The predicted molar refractivity (Wildman–Crippen MR) is 104 cm³/mol. The van der Waals surface area contributed by atoms with Crippen LogP contribution in [0.2, 0.25) is 5.02 Å². The number of para-hydroxylation sites is 2. The van der Waals surface area contributed by atoms with Crippen LogP contribution in [0.1, 0.15) is 11.9 Å². The van der Waals surface area contributed by atoms with Crippen molar-refractivity contribution in [1.82, 2.24) is 14.8 Å². The Bertz CT molecular complexity index is 917. The van der Waals surface area contributed by atoms with Gasteiger partial charge in [-0.25, -0.2) is 0 Å². The second-order valence-electron chi connectivity index (χ2n) is 5.91. The summed E-state index contributed by atoms with van der Waals surface area (Å²) in [7, 11) is 1.93. The SMILES string of the molecule is Cn1c(SCCOc2ccc(Cl)cc2)nnc1[C@H]1COc2ccccc2O1. The maximum Gasteiger partial charge on any atom is 0.192 e. The van der Waals surface area contributed by atoms with E-state index < -0.39 is 0 Å². The summed E-state index contributed by atoms with van der Waals surface area (Å²) in [4.78, 5) is 0. The number of fused-ring (bicyclic) bond motifs is 1. The summed E-state index contributed by atoms with van der Waals surface area (Å²) < 4.78 is 19.4. The Balaban J connectivity index is 1.33. The number of hydrogen-bond donors (Lipinski definition) is 0. The van der Waals surface area contributed by atoms with Crippen LogP contribution >= 0.6 is 23.4 Å². The fourth-order valence-electron chi connectivity index (χ4n) is 2.70. The Hall–Kier alpha value is -2.38. The molecule has 2 aromatic carbocycles. The first-order valence-corrected chi connectivity index (χ1v) is 9.86. The van der Waals surface area contributed by atoms with Crippen molar-refractivity contribution >= 4 is 23.4 Å². The highest BCUT2D eigenvalue weighted by atomic mass is 35.5. The second kappa shape index (κ2) is 8.10. The van der Waals surface area contributed by atoms with Gasteiger partial charge in [0.05, 0.1) is 6.61 Å². The van der Waals surface area contributed by atoms with Gasteiger partial charge in [0.2, 0.25) is 0 Å². The maximum atomic E-state index is 6.01. The van der Waals surface area contributed by atoms with Crippen LogP contribution in [0.3, 0.4) is 0 Å². The van der Waals surface area contributed by atoms with Crippen LogP contribution in [0.5, 0.6) is 17.2 Å². The van der Waals surface area contributed by atoms with Crippen molar-refractivity contribution in [2.75, 3.05) is 19.0 Å². The number of hydrogen-bond acceptors (Lipinski definition) is 6. The summed E-state index contributed by atoms with van der Waals surface area (Å²) in [6.07, 6.45) is -0.280. The highest BCUT2D eigenvalue weighted by Gasteiger charge is 2.27. The smallest absolute Gasteiger partial charge is 0.192 e. The van der Waals surface area contributed by atoms with Crippen molar-refractivity contribution < 1.29 is 14.2 Å². The first-order valence-electron chi connectivity index (χ1n) is 8.49. The fourth-order valence-corrected chi connectivity index (χ4v) is 3.56. The Kier molecular flexibility index (Phi) is 5.40. The van der Waals surface area contributed by atoms with Gasteiger partial charge in [-0.05, 0) is 36.4 Å². The quantitative estimate of drug-likeness (QED) is 0.455. The van der Waals surface area contributed by atoms with Crippen molar-refractivity contribution in [3.05, 3.63) is 59.4 Å². The number of halogens is 1. The first-order chi connectivity index (χ1) is 13.2. The second-order valence-corrected chi connectivity index (χ2v) is 7.41. The fraction of sp³-hybridized carbons (Fsp3) is 0.263. The van der Waals surface area contributed by atoms with E-state index in [0.29, 0.717) is 18.2 Å². The van der Waals surface area contributed by atoms with Gasteiger partial charge in [0.1, 0.15) is 12.4 Å². The molecule has 0 amide bonds. The van der Waals surface area contributed by atoms with E-state index in [1.54, 1.807) is 11.8 Å². The summed E-state index contributed by atoms with van der Waals surface area (Å²) in [6.45, 7) is 0.970. The molecule has 1 atom stereocenters. The summed E-state index contributed by atoms with van der Waals surface area (Å²) in [6, 6.07) is 14.9. The molecular formula is C19H18ClN3O3S. The van der Waals surface area contributed by atoms with Crippen molar-refractivity contribution in [2.24, 2.45) is 7.05 Å². The molecular weight excluding hydrogens is 386 g/mol. The van der Waals surface area contributed by atoms with Gasteiger partial charge in [-0.3, -0.25) is 0 Å². The highest BCUT2D eigenvalue weighted by molar-refractivity contribution is 7.99. The average Bonchev–Trinajstić information content (AvgIpc) is 3.07. The van der Waals surface area contributed by atoms with E-state index in [2.05, 4.69) is 10.2 Å².